The van der Waals surface area contributed by atoms with Crippen molar-refractivity contribution in [1.82, 2.24) is 9.62 Å². The summed E-state index contributed by atoms with van der Waals surface area (Å²) in [5.74, 6) is 0.635. The Bertz CT molecular complexity index is 539. The molecule has 0 aliphatic carbocycles. The van der Waals surface area contributed by atoms with Crippen LogP contribution in [0.25, 0.3) is 0 Å². The van der Waals surface area contributed by atoms with E-state index >= 15 is 0 Å². The third-order valence-corrected chi connectivity index (χ3v) is 5.53. The van der Waals surface area contributed by atoms with Crippen molar-refractivity contribution < 1.29 is 17.9 Å². The van der Waals surface area contributed by atoms with E-state index in [2.05, 4.69) is 5.32 Å². The Morgan fingerprint density at radius 2 is 2.00 bits per heavy atom. The average molecular weight is 314 g/mol. The Morgan fingerprint density at radius 3 is 2.57 bits per heavy atom. The number of nitrogens with one attached hydrogen (secondary N) is 1. The highest BCUT2D eigenvalue weighted by Crippen LogP contribution is 2.21. The Balaban J connectivity index is 2.05. The fourth-order valence-electron chi connectivity index (χ4n) is 2.26. The molecule has 1 fully saturated rings. The number of nitrogens with zero attached hydrogens (tertiary/aromatic N) is 1. The minimum Gasteiger partial charge on any atom is -0.491 e. The summed E-state index contributed by atoms with van der Waals surface area (Å²) in [6.45, 7) is 2.50. The van der Waals surface area contributed by atoms with Crippen LogP contribution in [0.4, 0.5) is 0 Å². The number of ether oxygens (including phenoxy) is 2. The number of hydrogen-bond acceptors (Lipinski definition) is 5. The van der Waals surface area contributed by atoms with Gasteiger partial charge in [0.15, 0.2) is 0 Å². The molecule has 2 rings (SSSR count). The van der Waals surface area contributed by atoms with Crippen molar-refractivity contribution >= 4 is 10.0 Å². The van der Waals surface area contributed by atoms with Crippen LogP contribution in [-0.4, -0.2) is 59.2 Å². The lowest BCUT2D eigenvalue weighted by atomic mass is 10.3. The molecule has 1 N–H and O–H groups in total. The fraction of sp³-hybridized carbons (Fsp3) is 0.571. The number of rotatable bonds is 7. The quantitative estimate of drug-likeness (QED) is 0.750. The second-order valence-electron chi connectivity index (χ2n) is 4.98. The molecule has 21 heavy (non-hydrogen) atoms. The Hall–Kier alpha value is -1.15. The lowest BCUT2D eigenvalue weighted by Gasteiger charge is -2.23. The van der Waals surface area contributed by atoms with Crippen LogP contribution in [0.2, 0.25) is 0 Å². The van der Waals surface area contributed by atoms with Crippen LogP contribution in [0, 0.1) is 0 Å². The van der Waals surface area contributed by atoms with E-state index in [4.69, 9.17) is 9.47 Å². The zero-order chi connectivity index (χ0) is 15.3. The first-order valence-electron chi connectivity index (χ1n) is 6.96. The first-order chi connectivity index (χ1) is 10.1. The third kappa shape index (κ3) is 3.94. The Kier molecular flexibility index (Phi) is 5.58. The maximum atomic E-state index is 12.5. The van der Waals surface area contributed by atoms with E-state index in [0.29, 0.717) is 25.5 Å². The second kappa shape index (κ2) is 7.22. The summed E-state index contributed by atoms with van der Waals surface area (Å²) >= 11 is 0. The first-order valence-corrected chi connectivity index (χ1v) is 8.40. The molecule has 1 saturated heterocycles. The Morgan fingerprint density at radius 1 is 1.29 bits per heavy atom. The smallest absolute Gasteiger partial charge is 0.243 e. The predicted molar refractivity (Wildman–Crippen MR) is 80.0 cm³/mol. The van der Waals surface area contributed by atoms with Crippen molar-refractivity contribution in [3.63, 3.8) is 0 Å². The summed E-state index contributed by atoms with van der Waals surface area (Å²) < 4.78 is 36.8. The van der Waals surface area contributed by atoms with E-state index in [-0.39, 0.29) is 10.9 Å². The summed E-state index contributed by atoms with van der Waals surface area (Å²) in [7, 11) is -0.212. The van der Waals surface area contributed by atoms with Crippen LogP contribution in [0.3, 0.4) is 0 Å². The van der Waals surface area contributed by atoms with Crippen molar-refractivity contribution in [2.45, 2.75) is 17.4 Å². The predicted octanol–water partition coefficient (Wildman–Crippen LogP) is 0.694. The molecule has 0 amide bonds. The molecule has 0 aromatic heterocycles. The second-order valence-corrected chi connectivity index (χ2v) is 6.98. The topological polar surface area (TPSA) is 67.9 Å². The normalized spacial score (nSPS) is 19.1. The highest BCUT2D eigenvalue weighted by molar-refractivity contribution is 7.89. The maximum absolute atomic E-state index is 12.5. The lowest BCUT2D eigenvalue weighted by molar-refractivity contribution is 0.146. The van der Waals surface area contributed by atoms with Gasteiger partial charge in [-0.2, -0.15) is 4.31 Å². The van der Waals surface area contributed by atoms with Crippen molar-refractivity contribution in [1.29, 1.82) is 0 Å². The summed E-state index contributed by atoms with van der Waals surface area (Å²) in [5, 5.41) is 3.18. The number of benzene rings is 1. The number of likely N-dealkylation sites (N-methyl/N-ethyl adjacent to an activating group) is 1. The summed E-state index contributed by atoms with van der Waals surface area (Å²) in [5.41, 5.74) is 0. The molecule has 7 heteroatoms. The molecule has 1 unspecified atom stereocenters. The van der Waals surface area contributed by atoms with Gasteiger partial charge in [-0.25, -0.2) is 8.42 Å². The van der Waals surface area contributed by atoms with E-state index in [1.54, 1.807) is 38.4 Å². The van der Waals surface area contributed by atoms with Gasteiger partial charge in [-0.3, -0.25) is 0 Å². The molecular weight excluding hydrogens is 292 g/mol. The van der Waals surface area contributed by atoms with Gasteiger partial charge < -0.3 is 14.8 Å². The summed E-state index contributed by atoms with van der Waals surface area (Å²) in [6, 6.07) is 6.52. The highest BCUT2D eigenvalue weighted by Gasteiger charge is 2.29. The molecule has 118 valence electrons. The molecule has 0 radical (unpaired) electrons. The van der Waals surface area contributed by atoms with Crippen LogP contribution in [0.1, 0.15) is 6.42 Å². The van der Waals surface area contributed by atoms with Gasteiger partial charge in [0, 0.05) is 26.7 Å². The van der Waals surface area contributed by atoms with Gasteiger partial charge in [0.1, 0.15) is 12.4 Å². The van der Waals surface area contributed by atoms with E-state index in [1.807, 2.05) is 0 Å². The van der Waals surface area contributed by atoms with Crippen LogP contribution < -0.4 is 10.1 Å². The van der Waals surface area contributed by atoms with Gasteiger partial charge in [0.25, 0.3) is 0 Å². The fourth-order valence-corrected chi connectivity index (χ4v) is 3.65. The number of hydrogen-bond donors (Lipinski definition) is 1. The zero-order valence-corrected chi connectivity index (χ0v) is 13.2. The summed E-state index contributed by atoms with van der Waals surface area (Å²) in [4.78, 5) is 0.288. The molecule has 0 bridgehead atoms. The van der Waals surface area contributed by atoms with Crippen LogP contribution >= 0.6 is 0 Å². The average Bonchev–Trinajstić information content (AvgIpc) is 3.01. The molecule has 1 aliphatic heterocycles. The van der Waals surface area contributed by atoms with Crippen molar-refractivity contribution in [3.8, 4) is 5.75 Å². The highest BCUT2D eigenvalue weighted by atomic mass is 32.2. The SMILES string of the molecule is COCCOc1ccc(S(=O)(=O)N(C)C2CCNC2)cc1. The minimum absolute atomic E-state index is 0.0210. The minimum atomic E-state index is -3.45. The van der Waals surface area contributed by atoms with E-state index < -0.39 is 10.0 Å². The van der Waals surface area contributed by atoms with Gasteiger partial charge in [0.2, 0.25) is 10.0 Å². The zero-order valence-electron chi connectivity index (χ0n) is 12.4. The van der Waals surface area contributed by atoms with Crippen molar-refractivity contribution in [2.75, 3.05) is 40.5 Å². The van der Waals surface area contributed by atoms with Gasteiger partial charge in [-0.15, -0.1) is 0 Å². The largest absolute Gasteiger partial charge is 0.491 e. The van der Waals surface area contributed by atoms with E-state index in [1.165, 1.54) is 4.31 Å². The lowest BCUT2D eigenvalue weighted by Crippen LogP contribution is -2.38. The Labute approximate surface area is 126 Å². The van der Waals surface area contributed by atoms with Gasteiger partial charge in [0.05, 0.1) is 11.5 Å². The van der Waals surface area contributed by atoms with Crippen LogP contribution in [0.5, 0.6) is 5.75 Å². The summed E-state index contributed by atoms with van der Waals surface area (Å²) in [6.07, 6.45) is 0.841. The number of sulfonamides is 1. The molecule has 0 spiro atoms. The van der Waals surface area contributed by atoms with Gasteiger partial charge in [-0.05, 0) is 37.2 Å². The van der Waals surface area contributed by atoms with Crippen LogP contribution in [0.15, 0.2) is 29.2 Å². The molecule has 1 aromatic carbocycles. The number of methoxy groups -OCH3 is 1. The third-order valence-electron chi connectivity index (χ3n) is 3.61. The standard InChI is InChI=1S/C14H22N2O4S/c1-16(12-7-8-15-11-12)21(17,18)14-5-3-13(4-6-14)20-10-9-19-2/h3-6,12,15H,7-11H2,1-2H3. The van der Waals surface area contributed by atoms with E-state index in [0.717, 1.165) is 13.0 Å². The van der Waals surface area contributed by atoms with Gasteiger partial charge >= 0.3 is 0 Å². The monoisotopic (exact) mass is 314 g/mol. The molecule has 1 atom stereocenters. The molecule has 1 aliphatic rings. The molecule has 1 aromatic rings. The molecular formula is C14H22N2O4S. The molecule has 6 nitrogen and oxygen atoms in total. The van der Waals surface area contributed by atoms with Crippen LogP contribution in [-0.2, 0) is 14.8 Å². The molecule has 0 saturated carbocycles. The molecule has 1 heterocycles. The van der Waals surface area contributed by atoms with Gasteiger partial charge in [-0.1, -0.05) is 0 Å². The maximum Gasteiger partial charge on any atom is 0.243 e. The first kappa shape index (κ1) is 16.2. The van der Waals surface area contributed by atoms with E-state index in [9.17, 15) is 8.42 Å². The van der Waals surface area contributed by atoms with Crippen molar-refractivity contribution in [2.24, 2.45) is 0 Å². The van der Waals surface area contributed by atoms with Crippen molar-refractivity contribution in [3.05, 3.63) is 24.3 Å².